The molecule has 110 valence electrons. The number of halogens is 2. The number of hydrogen-bond acceptors (Lipinski definition) is 2. The normalized spacial score (nSPS) is 22.9. The number of alkyl halides is 1. The zero-order valence-corrected chi connectivity index (χ0v) is 12.3. The van der Waals surface area contributed by atoms with Gasteiger partial charge >= 0.3 is 0 Å². The summed E-state index contributed by atoms with van der Waals surface area (Å²) in [5.41, 5.74) is 0.386. The van der Waals surface area contributed by atoms with Crippen molar-refractivity contribution in [2.24, 2.45) is 0 Å². The molecule has 3 nitrogen and oxygen atoms in total. The summed E-state index contributed by atoms with van der Waals surface area (Å²) in [5, 5.41) is 2.91. The predicted octanol–water partition coefficient (Wildman–Crippen LogP) is 3.50. The maximum Gasteiger partial charge on any atom is 0.251 e. The van der Waals surface area contributed by atoms with E-state index in [2.05, 4.69) is 5.32 Å². The standard InChI is InChI=1S/C15H19ClFNO2/c1-20-14-9-10(7-8-12(14)17)15(19)18-13-6-4-2-3-5-11(13)16/h7-9,11,13H,2-6H2,1H3,(H,18,19). The Labute approximate surface area is 123 Å². The van der Waals surface area contributed by atoms with Crippen LogP contribution in [-0.2, 0) is 0 Å². The SMILES string of the molecule is COc1cc(C(=O)NC2CCCCCC2Cl)ccc1F. The smallest absolute Gasteiger partial charge is 0.251 e. The largest absolute Gasteiger partial charge is 0.494 e. The molecule has 1 saturated carbocycles. The first-order valence-electron chi connectivity index (χ1n) is 6.90. The van der Waals surface area contributed by atoms with Crippen LogP contribution in [0.15, 0.2) is 18.2 Å². The Kier molecular flexibility index (Phi) is 5.24. The number of hydrogen-bond donors (Lipinski definition) is 1. The fourth-order valence-corrected chi connectivity index (χ4v) is 2.82. The molecule has 20 heavy (non-hydrogen) atoms. The predicted molar refractivity (Wildman–Crippen MR) is 76.9 cm³/mol. The maximum absolute atomic E-state index is 13.3. The second-order valence-electron chi connectivity index (χ2n) is 5.08. The van der Waals surface area contributed by atoms with Gasteiger partial charge in [0.1, 0.15) is 0 Å². The van der Waals surface area contributed by atoms with Gasteiger partial charge in [-0.15, -0.1) is 11.6 Å². The van der Waals surface area contributed by atoms with Gasteiger partial charge in [-0.25, -0.2) is 4.39 Å². The molecule has 1 N–H and O–H groups in total. The number of carbonyl (C=O) groups excluding carboxylic acids is 1. The second-order valence-corrected chi connectivity index (χ2v) is 5.64. The molecule has 1 amide bonds. The van der Waals surface area contributed by atoms with Crippen LogP contribution in [0.4, 0.5) is 4.39 Å². The van der Waals surface area contributed by atoms with E-state index in [4.69, 9.17) is 16.3 Å². The number of rotatable bonds is 3. The highest BCUT2D eigenvalue weighted by molar-refractivity contribution is 6.21. The van der Waals surface area contributed by atoms with E-state index in [1.807, 2.05) is 0 Å². The highest BCUT2D eigenvalue weighted by Crippen LogP contribution is 2.23. The highest BCUT2D eigenvalue weighted by Gasteiger charge is 2.24. The van der Waals surface area contributed by atoms with Crippen LogP contribution >= 0.6 is 11.6 Å². The zero-order chi connectivity index (χ0) is 14.5. The molecule has 0 bridgehead atoms. The highest BCUT2D eigenvalue weighted by atomic mass is 35.5. The lowest BCUT2D eigenvalue weighted by molar-refractivity contribution is 0.0933. The average Bonchev–Trinajstić information content (AvgIpc) is 2.64. The Morgan fingerprint density at radius 1 is 1.35 bits per heavy atom. The topological polar surface area (TPSA) is 38.3 Å². The molecular formula is C15H19ClFNO2. The molecule has 0 aromatic heterocycles. The van der Waals surface area contributed by atoms with Crippen molar-refractivity contribution < 1.29 is 13.9 Å². The zero-order valence-electron chi connectivity index (χ0n) is 11.5. The lowest BCUT2D eigenvalue weighted by Gasteiger charge is -2.21. The first-order chi connectivity index (χ1) is 9.61. The molecule has 0 radical (unpaired) electrons. The van der Waals surface area contributed by atoms with Crippen LogP contribution < -0.4 is 10.1 Å². The van der Waals surface area contributed by atoms with Crippen LogP contribution in [0.2, 0.25) is 0 Å². The Balaban J connectivity index is 2.07. The summed E-state index contributed by atoms with van der Waals surface area (Å²) < 4.78 is 18.2. The van der Waals surface area contributed by atoms with Crippen LogP contribution in [0.3, 0.4) is 0 Å². The molecule has 5 heteroatoms. The van der Waals surface area contributed by atoms with Crippen molar-refractivity contribution in [3.63, 3.8) is 0 Å². The van der Waals surface area contributed by atoms with Gasteiger partial charge in [-0.2, -0.15) is 0 Å². The van der Waals surface area contributed by atoms with Crippen molar-refractivity contribution >= 4 is 17.5 Å². The summed E-state index contributed by atoms with van der Waals surface area (Å²) in [7, 11) is 1.38. The second kappa shape index (κ2) is 6.93. The van der Waals surface area contributed by atoms with E-state index in [1.54, 1.807) is 0 Å². The number of amides is 1. The molecule has 0 spiro atoms. The summed E-state index contributed by atoms with van der Waals surface area (Å²) in [6, 6.07) is 4.07. The molecule has 1 aliphatic rings. The summed E-state index contributed by atoms with van der Waals surface area (Å²) in [6.45, 7) is 0. The monoisotopic (exact) mass is 299 g/mol. The van der Waals surface area contributed by atoms with Gasteiger partial charge in [0.05, 0.1) is 12.5 Å². The molecule has 0 aliphatic heterocycles. The lowest BCUT2D eigenvalue weighted by atomic mass is 10.1. The van der Waals surface area contributed by atoms with E-state index in [-0.39, 0.29) is 23.1 Å². The molecular weight excluding hydrogens is 281 g/mol. The summed E-state index contributed by atoms with van der Waals surface area (Å²) in [4.78, 5) is 12.2. The van der Waals surface area contributed by atoms with Crippen molar-refractivity contribution in [1.82, 2.24) is 5.32 Å². The van der Waals surface area contributed by atoms with E-state index in [0.29, 0.717) is 5.56 Å². The van der Waals surface area contributed by atoms with Crippen molar-refractivity contribution in [2.45, 2.75) is 43.5 Å². The Hall–Kier alpha value is -1.29. The molecule has 1 aromatic carbocycles. The molecule has 1 aromatic rings. The number of benzene rings is 1. The minimum absolute atomic E-state index is 0.0253. The quantitative estimate of drug-likeness (QED) is 0.685. The van der Waals surface area contributed by atoms with Crippen LogP contribution in [0.1, 0.15) is 42.5 Å². The Bertz CT molecular complexity index is 481. The number of nitrogens with one attached hydrogen (secondary N) is 1. The molecule has 1 fully saturated rings. The van der Waals surface area contributed by atoms with Gasteiger partial charge in [-0.1, -0.05) is 19.3 Å². The molecule has 0 saturated heterocycles. The van der Waals surface area contributed by atoms with Crippen LogP contribution in [0, 0.1) is 5.82 Å². The van der Waals surface area contributed by atoms with Gasteiger partial charge in [0.15, 0.2) is 11.6 Å². The first kappa shape index (κ1) is 15.1. The Morgan fingerprint density at radius 2 is 2.10 bits per heavy atom. The minimum Gasteiger partial charge on any atom is -0.494 e. The van der Waals surface area contributed by atoms with Crippen LogP contribution in [0.25, 0.3) is 0 Å². The third-order valence-electron chi connectivity index (χ3n) is 3.66. The van der Waals surface area contributed by atoms with E-state index in [1.165, 1.54) is 25.3 Å². The van der Waals surface area contributed by atoms with Gasteiger partial charge in [0.2, 0.25) is 0 Å². The van der Waals surface area contributed by atoms with Crippen molar-refractivity contribution in [2.75, 3.05) is 7.11 Å². The number of methoxy groups -OCH3 is 1. The van der Waals surface area contributed by atoms with Crippen molar-refractivity contribution in [1.29, 1.82) is 0 Å². The maximum atomic E-state index is 13.3. The van der Waals surface area contributed by atoms with Gasteiger partial charge in [-0.3, -0.25) is 4.79 Å². The number of ether oxygens (including phenoxy) is 1. The van der Waals surface area contributed by atoms with E-state index >= 15 is 0 Å². The molecule has 2 unspecified atom stereocenters. The molecule has 0 heterocycles. The minimum atomic E-state index is -0.478. The molecule has 2 rings (SSSR count). The lowest BCUT2D eigenvalue weighted by Crippen LogP contribution is -2.40. The fraction of sp³-hybridized carbons (Fsp3) is 0.533. The third kappa shape index (κ3) is 3.63. The van der Waals surface area contributed by atoms with Crippen LogP contribution in [-0.4, -0.2) is 24.4 Å². The van der Waals surface area contributed by atoms with Gasteiger partial charge in [-0.05, 0) is 31.0 Å². The molecule has 1 aliphatic carbocycles. The van der Waals surface area contributed by atoms with Crippen molar-refractivity contribution in [3.05, 3.63) is 29.6 Å². The third-order valence-corrected chi connectivity index (χ3v) is 4.18. The average molecular weight is 300 g/mol. The van der Waals surface area contributed by atoms with Crippen molar-refractivity contribution in [3.8, 4) is 5.75 Å². The van der Waals surface area contributed by atoms with Gasteiger partial charge < -0.3 is 10.1 Å². The fourth-order valence-electron chi connectivity index (χ4n) is 2.48. The van der Waals surface area contributed by atoms with E-state index in [9.17, 15) is 9.18 Å². The summed E-state index contributed by atoms with van der Waals surface area (Å²) >= 11 is 6.30. The van der Waals surface area contributed by atoms with E-state index in [0.717, 1.165) is 32.1 Å². The van der Waals surface area contributed by atoms with Gasteiger partial charge in [0.25, 0.3) is 5.91 Å². The summed E-state index contributed by atoms with van der Waals surface area (Å²) in [6.07, 6.45) is 5.13. The number of carbonyl (C=O) groups is 1. The first-order valence-corrected chi connectivity index (χ1v) is 7.34. The Morgan fingerprint density at radius 3 is 2.85 bits per heavy atom. The van der Waals surface area contributed by atoms with Crippen LogP contribution in [0.5, 0.6) is 5.75 Å². The summed E-state index contributed by atoms with van der Waals surface area (Å²) in [5.74, 6) is -0.643. The molecule has 2 atom stereocenters. The van der Waals surface area contributed by atoms with E-state index < -0.39 is 5.82 Å². The van der Waals surface area contributed by atoms with Gasteiger partial charge in [0, 0.05) is 11.6 Å².